The number of nitrogens with one attached hydrogen (secondary N) is 1. The van der Waals surface area contributed by atoms with Crippen molar-refractivity contribution in [2.75, 3.05) is 13.1 Å². The van der Waals surface area contributed by atoms with Gasteiger partial charge in [0, 0.05) is 18.1 Å². The van der Waals surface area contributed by atoms with Crippen LogP contribution in [0.15, 0.2) is 0 Å². The van der Waals surface area contributed by atoms with E-state index in [4.69, 9.17) is 0 Å². The van der Waals surface area contributed by atoms with Crippen molar-refractivity contribution in [1.82, 2.24) is 10.2 Å². The van der Waals surface area contributed by atoms with Gasteiger partial charge in [-0.05, 0) is 52.6 Å². The quantitative estimate of drug-likeness (QED) is 0.775. The van der Waals surface area contributed by atoms with Crippen molar-refractivity contribution in [3.05, 3.63) is 0 Å². The minimum absolute atomic E-state index is 0.667. The molecule has 0 radical (unpaired) electrons. The Balaban J connectivity index is 2.26. The number of hydrogen-bond donors (Lipinski definition) is 1. The second-order valence-corrected chi connectivity index (χ2v) is 5.74. The minimum Gasteiger partial charge on any atom is -0.311 e. The van der Waals surface area contributed by atoms with Gasteiger partial charge in [0.1, 0.15) is 0 Å². The minimum atomic E-state index is 0.667. The van der Waals surface area contributed by atoms with Crippen molar-refractivity contribution >= 4 is 0 Å². The summed E-state index contributed by atoms with van der Waals surface area (Å²) >= 11 is 0. The zero-order valence-corrected chi connectivity index (χ0v) is 11.8. The van der Waals surface area contributed by atoms with Crippen molar-refractivity contribution < 1.29 is 0 Å². The van der Waals surface area contributed by atoms with E-state index in [2.05, 4.69) is 44.8 Å². The Bertz CT molecular complexity index is 183. The summed E-state index contributed by atoms with van der Waals surface area (Å²) in [6, 6.07) is 2.13. The fourth-order valence-electron chi connectivity index (χ4n) is 2.47. The van der Waals surface area contributed by atoms with Gasteiger partial charge in [-0.3, -0.25) is 0 Å². The molecule has 0 aromatic heterocycles. The van der Waals surface area contributed by atoms with Crippen LogP contribution in [-0.2, 0) is 0 Å². The molecular weight excluding hydrogens is 196 g/mol. The van der Waals surface area contributed by atoms with Crippen LogP contribution in [0.3, 0.4) is 0 Å². The molecule has 2 atom stereocenters. The highest BCUT2D eigenvalue weighted by molar-refractivity contribution is 4.81. The molecule has 2 unspecified atom stereocenters. The van der Waals surface area contributed by atoms with Crippen molar-refractivity contribution in [1.29, 1.82) is 0 Å². The molecule has 2 nitrogen and oxygen atoms in total. The summed E-state index contributed by atoms with van der Waals surface area (Å²) in [7, 11) is 0. The van der Waals surface area contributed by atoms with Crippen LogP contribution >= 0.6 is 0 Å². The van der Waals surface area contributed by atoms with Gasteiger partial charge in [0.2, 0.25) is 0 Å². The Morgan fingerprint density at radius 1 is 1.12 bits per heavy atom. The maximum absolute atomic E-state index is 3.80. The van der Waals surface area contributed by atoms with E-state index < -0.39 is 0 Å². The highest BCUT2D eigenvalue weighted by atomic mass is 15.2. The lowest BCUT2D eigenvalue weighted by Gasteiger charge is -2.37. The molecule has 1 aliphatic rings. The SMILES string of the molecule is CCC(C)C(C)NC1CCN(C(C)C)CC1. The van der Waals surface area contributed by atoms with Crippen molar-refractivity contribution in [2.24, 2.45) is 5.92 Å². The van der Waals surface area contributed by atoms with Crippen LogP contribution in [0.25, 0.3) is 0 Å². The molecule has 0 saturated carbocycles. The van der Waals surface area contributed by atoms with Gasteiger partial charge in [-0.15, -0.1) is 0 Å². The second kappa shape index (κ2) is 6.61. The molecule has 1 fully saturated rings. The first kappa shape index (κ1) is 14.0. The highest BCUT2D eigenvalue weighted by Gasteiger charge is 2.22. The second-order valence-electron chi connectivity index (χ2n) is 5.74. The summed E-state index contributed by atoms with van der Waals surface area (Å²) in [5.74, 6) is 0.795. The van der Waals surface area contributed by atoms with Crippen molar-refractivity contribution in [3.8, 4) is 0 Å². The largest absolute Gasteiger partial charge is 0.311 e. The third-order valence-electron chi connectivity index (χ3n) is 4.26. The van der Waals surface area contributed by atoms with E-state index in [1.54, 1.807) is 0 Å². The molecule has 1 heterocycles. The summed E-state index contributed by atoms with van der Waals surface area (Å²) in [5.41, 5.74) is 0. The molecule has 96 valence electrons. The lowest BCUT2D eigenvalue weighted by molar-refractivity contribution is 0.152. The van der Waals surface area contributed by atoms with E-state index in [1.165, 1.54) is 32.4 Å². The third kappa shape index (κ3) is 4.06. The standard InChI is InChI=1S/C14H30N2/c1-6-12(4)13(5)15-14-7-9-16(10-8-14)11(2)3/h11-15H,6-10H2,1-5H3. The third-order valence-corrected chi connectivity index (χ3v) is 4.26. The van der Waals surface area contributed by atoms with Crippen LogP contribution in [0.1, 0.15) is 53.9 Å². The summed E-state index contributed by atoms with van der Waals surface area (Å²) in [6.07, 6.45) is 3.91. The average molecular weight is 226 g/mol. The van der Waals surface area contributed by atoms with Crippen LogP contribution in [0.2, 0.25) is 0 Å². The molecule has 0 aromatic carbocycles. The van der Waals surface area contributed by atoms with E-state index in [0.29, 0.717) is 12.1 Å². The summed E-state index contributed by atoms with van der Waals surface area (Å²) in [5, 5.41) is 3.80. The molecule has 0 amide bonds. The van der Waals surface area contributed by atoms with Gasteiger partial charge < -0.3 is 10.2 Å². The van der Waals surface area contributed by atoms with E-state index >= 15 is 0 Å². The Labute approximate surface area is 102 Å². The summed E-state index contributed by atoms with van der Waals surface area (Å²) in [4.78, 5) is 2.59. The Morgan fingerprint density at radius 3 is 2.12 bits per heavy atom. The average Bonchev–Trinajstić information content (AvgIpc) is 2.28. The fourth-order valence-corrected chi connectivity index (χ4v) is 2.47. The Hall–Kier alpha value is -0.0800. The predicted molar refractivity (Wildman–Crippen MR) is 71.8 cm³/mol. The lowest BCUT2D eigenvalue weighted by Crippen LogP contribution is -2.48. The molecule has 0 bridgehead atoms. The zero-order chi connectivity index (χ0) is 12.1. The van der Waals surface area contributed by atoms with Gasteiger partial charge in [-0.25, -0.2) is 0 Å². The van der Waals surface area contributed by atoms with Crippen LogP contribution in [0.5, 0.6) is 0 Å². The monoisotopic (exact) mass is 226 g/mol. The van der Waals surface area contributed by atoms with Crippen LogP contribution in [0, 0.1) is 5.92 Å². The summed E-state index contributed by atoms with van der Waals surface area (Å²) < 4.78 is 0. The van der Waals surface area contributed by atoms with E-state index in [9.17, 15) is 0 Å². The van der Waals surface area contributed by atoms with E-state index in [1.807, 2.05) is 0 Å². The molecule has 1 saturated heterocycles. The first-order valence-electron chi connectivity index (χ1n) is 7.04. The normalized spacial score (nSPS) is 23.6. The zero-order valence-electron chi connectivity index (χ0n) is 11.8. The predicted octanol–water partition coefficient (Wildman–Crippen LogP) is 2.88. The maximum Gasteiger partial charge on any atom is 0.00940 e. The van der Waals surface area contributed by atoms with E-state index in [-0.39, 0.29) is 0 Å². The Morgan fingerprint density at radius 2 is 1.69 bits per heavy atom. The lowest BCUT2D eigenvalue weighted by atomic mass is 9.97. The fraction of sp³-hybridized carbons (Fsp3) is 1.00. The van der Waals surface area contributed by atoms with Gasteiger partial charge in [-0.2, -0.15) is 0 Å². The number of likely N-dealkylation sites (tertiary alicyclic amines) is 1. The topological polar surface area (TPSA) is 15.3 Å². The van der Waals surface area contributed by atoms with Crippen LogP contribution < -0.4 is 5.32 Å². The van der Waals surface area contributed by atoms with Gasteiger partial charge in [0.25, 0.3) is 0 Å². The first-order valence-corrected chi connectivity index (χ1v) is 7.04. The molecular formula is C14H30N2. The molecule has 0 aromatic rings. The number of rotatable bonds is 5. The molecule has 2 heteroatoms. The maximum atomic E-state index is 3.80. The first-order chi connectivity index (χ1) is 7.54. The highest BCUT2D eigenvalue weighted by Crippen LogP contribution is 2.15. The Kier molecular flexibility index (Phi) is 5.77. The van der Waals surface area contributed by atoms with Gasteiger partial charge in [0.15, 0.2) is 0 Å². The smallest absolute Gasteiger partial charge is 0.00940 e. The molecule has 16 heavy (non-hydrogen) atoms. The van der Waals surface area contributed by atoms with Gasteiger partial charge in [0.05, 0.1) is 0 Å². The summed E-state index contributed by atoms with van der Waals surface area (Å²) in [6.45, 7) is 14.1. The van der Waals surface area contributed by atoms with Crippen LogP contribution in [0.4, 0.5) is 0 Å². The molecule has 0 spiro atoms. The van der Waals surface area contributed by atoms with Crippen LogP contribution in [-0.4, -0.2) is 36.1 Å². The number of piperidine rings is 1. The van der Waals surface area contributed by atoms with E-state index in [0.717, 1.165) is 12.0 Å². The molecule has 0 aliphatic carbocycles. The van der Waals surface area contributed by atoms with Gasteiger partial charge >= 0.3 is 0 Å². The van der Waals surface area contributed by atoms with Crippen molar-refractivity contribution in [2.45, 2.75) is 72.0 Å². The van der Waals surface area contributed by atoms with Crippen molar-refractivity contribution in [3.63, 3.8) is 0 Å². The number of nitrogens with zero attached hydrogens (tertiary/aromatic N) is 1. The molecule has 1 N–H and O–H groups in total. The van der Waals surface area contributed by atoms with Gasteiger partial charge in [-0.1, -0.05) is 20.3 Å². The molecule has 1 rings (SSSR count). The number of hydrogen-bond acceptors (Lipinski definition) is 2. The molecule has 1 aliphatic heterocycles.